The van der Waals surface area contributed by atoms with Crippen molar-refractivity contribution in [1.29, 1.82) is 0 Å². The van der Waals surface area contributed by atoms with E-state index in [1.54, 1.807) is 0 Å². The van der Waals surface area contributed by atoms with Gasteiger partial charge in [-0.15, -0.1) is 0 Å². The van der Waals surface area contributed by atoms with Gasteiger partial charge in [-0.05, 0) is 52.1 Å². The van der Waals surface area contributed by atoms with Crippen LogP contribution in [0.1, 0.15) is 44.7 Å². The molecule has 0 bridgehead atoms. The lowest BCUT2D eigenvalue weighted by Gasteiger charge is -2.32. The Morgan fingerprint density at radius 3 is 3.00 bits per heavy atom. The molecular weight excluding hydrogens is 224 g/mol. The van der Waals surface area contributed by atoms with Crippen LogP contribution in [0.3, 0.4) is 0 Å². The van der Waals surface area contributed by atoms with Crippen LogP contribution in [0.4, 0.5) is 0 Å². The van der Waals surface area contributed by atoms with Crippen molar-refractivity contribution in [2.24, 2.45) is 11.7 Å². The van der Waals surface area contributed by atoms with Crippen LogP contribution in [-0.4, -0.2) is 34.3 Å². The molecule has 2 rings (SSSR count). The second-order valence-electron chi connectivity index (χ2n) is 5.74. The monoisotopic (exact) mass is 250 g/mol. The molecule has 1 aliphatic rings. The predicted molar refractivity (Wildman–Crippen MR) is 74.3 cm³/mol. The maximum atomic E-state index is 5.66. The molecule has 4 nitrogen and oxygen atoms in total. The van der Waals surface area contributed by atoms with Gasteiger partial charge in [0.1, 0.15) is 0 Å². The van der Waals surface area contributed by atoms with Crippen LogP contribution in [0.2, 0.25) is 0 Å². The minimum absolute atomic E-state index is 0.449. The third kappa shape index (κ3) is 3.56. The zero-order valence-electron chi connectivity index (χ0n) is 11.7. The highest BCUT2D eigenvalue weighted by atomic mass is 15.3. The fraction of sp³-hybridized carbons (Fsp3) is 0.786. The lowest BCUT2D eigenvalue weighted by atomic mass is 9.95. The lowest BCUT2D eigenvalue weighted by molar-refractivity contribution is 0.163. The Kier molecular flexibility index (Phi) is 4.78. The average molecular weight is 250 g/mol. The van der Waals surface area contributed by atoms with Gasteiger partial charge < -0.3 is 5.73 Å². The first-order chi connectivity index (χ1) is 8.69. The van der Waals surface area contributed by atoms with Crippen molar-refractivity contribution in [1.82, 2.24) is 14.7 Å². The molecule has 2 heterocycles. The van der Waals surface area contributed by atoms with E-state index in [0.29, 0.717) is 6.04 Å². The Bertz CT molecular complexity index is 356. The van der Waals surface area contributed by atoms with Crippen LogP contribution < -0.4 is 5.73 Å². The Balaban J connectivity index is 1.87. The van der Waals surface area contributed by atoms with Crippen LogP contribution in [0.5, 0.6) is 0 Å². The number of likely N-dealkylation sites (tertiary alicyclic amines) is 1. The molecule has 1 saturated heterocycles. The van der Waals surface area contributed by atoms with Crippen LogP contribution >= 0.6 is 0 Å². The topological polar surface area (TPSA) is 47.1 Å². The van der Waals surface area contributed by atoms with Crippen molar-refractivity contribution < 1.29 is 0 Å². The van der Waals surface area contributed by atoms with Crippen LogP contribution in [0.25, 0.3) is 0 Å². The first kappa shape index (κ1) is 13.6. The minimum atomic E-state index is 0.449. The molecule has 1 atom stereocenters. The minimum Gasteiger partial charge on any atom is -0.330 e. The summed E-state index contributed by atoms with van der Waals surface area (Å²) in [5, 5.41) is 4.41. The smallest absolute Gasteiger partial charge is 0.0534 e. The zero-order chi connectivity index (χ0) is 13.0. The van der Waals surface area contributed by atoms with Crippen molar-refractivity contribution in [3.63, 3.8) is 0 Å². The van der Waals surface area contributed by atoms with Crippen molar-refractivity contribution in [2.45, 2.75) is 45.7 Å². The summed E-state index contributed by atoms with van der Waals surface area (Å²) >= 11 is 0. The van der Waals surface area contributed by atoms with E-state index in [-0.39, 0.29) is 0 Å². The molecule has 0 amide bonds. The molecule has 0 spiro atoms. The quantitative estimate of drug-likeness (QED) is 0.869. The van der Waals surface area contributed by atoms with Gasteiger partial charge in [0.15, 0.2) is 0 Å². The van der Waals surface area contributed by atoms with Gasteiger partial charge in [0.25, 0.3) is 0 Å². The molecule has 0 radical (unpaired) electrons. The molecule has 0 saturated carbocycles. The predicted octanol–water partition coefficient (Wildman–Crippen LogP) is 2.02. The van der Waals surface area contributed by atoms with E-state index < -0.39 is 0 Å². The summed E-state index contributed by atoms with van der Waals surface area (Å²) in [6, 6.07) is 0.449. The van der Waals surface area contributed by atoms with Gasteiger partial charge in [0.2, 0.25) is 0 Å². The molecule has 0 aliphatic carbocycles. The van der Waals surface area contributed by atoms with Crippen LogP contribution in [0, 0.1) is 5.92 Å². The standard InChI is InChI=1S/C14H26N4/c1-12(2)18-11-14(8-16-18)10-17-7-3-4-13(9-17)5-6-15/h8,11-13H,3-7,9-10,15H2,1-2H3. The van der Waals surface area contributed by atoms with Gasteiger partial charge in [0, 0.05) is 30.9 Å². The average Bonchev–Trinajstić information content (AvgIpc) is 2.78. The number of nitrogens with zero attached hydrogens (tertiary/aromatic N) is 3. The van der Waals surface area contributed by atoms with E-state index >= 15 is 0 Å². The van der Waals surface area contributed by atoms with E-state index in [4.69, 9.17) is 5.73 Å². The molecule has 18 heavy (non-hydrogen) atoms. The molecule has 102 valence electrons. The Hall–Kier alpha value is -0.870. The maximum absolute atomic E-state index is 5.66. The number of hydrogen-bond acceptors (Lipinski definition) is 3. The third-order valence-corrected chi connectivity index (χ3v) is 3.77. The molecule has 1 aromatic heterocycles. The summed E-state index contributed by atoms with van der Waals surface area (Å²) in [6.07, 6.45) is 8.01. The summed E-state index contributed by atoms with van der Waals surface area (Å²) < 4.78 is 2.04. The molecule has 1 fully saturated rings. The molecular formula is C14H26N4. The SMILES string of the molecule is CC(C)n1cc(CN2CCCC(CCN)C2)cn1. The highest BCUT2D eigenvalue weighted by Crippen LogP contribution is 2.20. The first-order valence-corrected chi connectivity index (χ1v) is 7.14. The van der Waals surface area contributed by atoms with E-state index in [0.717, 1.165) is 19.0 Å². The molecule has 2 N–H and O–H groups in total. The van der Waals surface area contributed by atoms with Crippen molar-refractivity contribution in [2.75, 3.05) is 19.6 Å². The van der Waals surface area contributed by atoms with Crippen molar-refractivity contribution >= 4 is 0 Å². The van der Waals surface area contributed by atoms with Crippen LogP contribution in [0.15, 0.2) is 12.4 Å². The van der Waals surface area contributed by atoms with Crippen molar-refractivity contribution in [3.8, 4) is 0 Å². The number of piperidine rings is 1. The normalized spacial score (nSPS) is 21.7. The van der Waals surface area contributed by atoms with E-state index in [1.165, 1.54) is 37.9 Å². The highest BCUT2D eigenvalue weighted by Gasteiger charge is 2.19. The van der Waals surface area contributed by atoms with E-state index in [1.807, 2.05) is 10.9 Å². The Labute approximate surface area is 110 Å². The first-order valence-electron chi connectivity index (χ1n) is 7.14. The maximum Gasteiger partial charge on any atom is 0.0534 e. The Morgan fingerprint density at radius 1 is 1.50 bits per heavy atom. The van der Waals surface area contributed by atoms with Gasteiger partial charge in [-0.1, -0.05) is 0 Å². The second kappa shape index (κ2) is 6.34. The summed E-state index contributed by atoms with van der Waals surface area (Å²) in [6.45, 7) is 8.60. The molecule has 1 unspecified atom stereocenters. The van der Waals surface area contributed by atoms with E-state index in [9.17, 15) is 0 Å². The number of hydrogen-bond donors (Lipinski definition) is 1. The van der Waals surface area contributed by atoms with Gasteiger partial charge in [0.05, 0.1) is 6.20 Å². The number of aromatic nitrogens is 2. The summed E-state index contributed by atoms with van der Waals surface area (Å²) in [5.41, 5.74) is 6.99. The van der Waals surface area contributed by atoms with Gasteiger partial charge in [-0.3, -0.25) is 9.58 Å². The molecule has 1 aliphatic heterocycles. The summed E-state index contributed by atoms with van der Waals surface area (Å²) in [4.78, 5) is 2.55. The largest absolute Gasteiger partial charge is 0.330 e. The number of nitrogens with two attached hydrogens (primary N) is 1. The highest BCUT2D eigenvalue weighted by molar-refractivity contribution is 5.04. The number of rotatable bonds is 5. The molecule has 0 aromatic carbocycles. The van der Waals surface area contributed by atoms with Crippen molar-refractivity contribution in [3.05, 3.63) is 18.0 Å². The van der Waals surface area contributed by atoms with Gasteiger partial charge in [-0.2, -0.15) is 5.10 Å². The second-order valence-corrected chi connectivity index (χ2v) is 5.74. The van der Waals surface area contributed by atoms with Crippen LogP contribution in [-0.2, 0) is 6.54 Å². The van der Waals surface area contributed by atoms with Gasteiger partial charge in [-0.25, -0.2) is 0 Å². The fourth-order valence-corrected chi connectivity index (χ4v) is 2.77. The third-order valence-electron chi connectivity index (χ3n) is 3.77. The summed E-state index contributed by atoms with van der Waals surface area (Å²) in [5.74, 6) is 0.795. The Morgan fingerprint density at radius 2 is 2.33 bits per heavy atom. The van der Waals surface area contributed by atoms with E-state index in [2.05, 4.69) is 30.0 Å². The fourth-order valence-electron chi connectivity index (χ4n) is 2.77. The molecule has 4 heteroatoms. The lowest BCUT2D eigenvalue weighted by Crippen LogP contribution is -2.35. The summed E-state index contributed by atoms with van der Waals surface area (Å²) in [7, 11) is 0. The zero-order valence-corrected chi connectivity index (χ0v) is 11.7. The molecule has 1 aromatic rings. The van der Waals surface area contributed by atoms with Gasteiger partial charge >= 0.3 is 0 Å².